The van der Waals surface area contributed by atoms with E-state index in [1.807, 2.05) is 30.3 Å². The largest absolute Gasteiger partial charge is 0.490 e. The summed E-state index contributed by atoms with van der Waals surface area (Å²) >= 11 is 0. The first kappa shape index (κ1) is 21.5. The van der Waals surface area contributed by atoms with Crippen molar-refractivity contribution >= 4 is 10.8 Å². The molecule has 0 spiro atoms. The molecule has 0 N–H and O–H groups in total. The molecule has 4 rings (SSSR count). The molecule has 0 aliphatic heterocycles. The highest BCUT2D eigenvalue weighted by atomic mass is 19.1. The molecule has 0 heterocycles. The third-order valence-electron chi connectivity index (χ3n) is 5.43. The van der Waals surface area contributed by atoms with Gasteiger partial charge in [0, 0.05) is 0 Å². The van der Waals surface area contributed by atoms with E-state index in [0.717, 1.165) is 29.2 Å². The van der Waals surface area contributed by atoms with Crippen LogP contribution in [0.1, 0.15) is 12.0 Å². The van der Waals surface area contributed by atoms with Crippen molar-refractivity contribution in [2.75, 3.05) is 6.61 Å². The highest BCUT2D eigenvalue weighted by Gasteiger charge is 2.15. The van der Waals surface area contributed by atoms with Gasteiger partial charge in [-0.1, -0.05) is 61.2 Å². The van der Waals surface area contributed by atoms with Crippen LogP contribution in [-0.2, 0) is 6.42 Å². The monoisotopic (exact) mass is 426 g/mol. The number of fused-ring (bicyclic) bond motifs is 1. The lowest BCUT2D eigenvalue weighted by Crippen LogP contribution is -1.94. The van der Waals surface area contributed by atoms with E-state index in [1.54, 1.807) is 30.3 Å². The zero-order chi connectivity index (χ0) is 22.5. The quantitative estimate of drug-likeness (QED) is 0.258. The van der Waals surface area contributed by atoms with Crippen molar-refractivity contribution in [2.24, 2.45) is 0 Å². The number of rotatable bonds is 8. The fourth-order valence-corrected chi connectivity index (χ4v) is 3.79. The summed E-state index contributed by atoms with van der Waals surface area (Å²) in [6.45, 7) is 7.74. The number of hydrogen-bond donors (Lipinski definition) is 0. The van der Waals surface area contributed by atoms with Crippen LogP contribution in [0, 0.1) is 11.6 Å². The van der Waals surface area contributed by atoms with Crippen LogP contribution in [0.25, 0.3) is 33.0 Å². The van der Waals surface area contributed by atoms with Gasteiger partial charge >= 0.3 is 0 Å². The average molecular weight is 427 g/mol. The molecule has 4 aromatic carbocycles. The first-order chi connectivity index (χ1) is 15.6. The molecule has 0 fully saturated rings. The molecule has 0 bridgehead atoms. The standard InChI is InChI=1S/C29H24F2O/c1-3-5-6-20-7-8-23-17-24(10-9-22(23)16-20)25-18-27(30)29(28(31)19-25)21-11-13-26(14-12-21)32-15-4-2/h3-4,7-14,16-19H,1-2,5-6,15H2. The smallest absolute Gasteiger partial charge is 0.134 e. The van der Waals surface area contributed by atoms with Gasteiger partial charge in [-0.2, -0.15) is 0 Å². The van der Waals surface area contributed by atoms with Gasteiger partial charge in [0.2, 0.25) is 0 Å². The molecule has 0 saturated heterocycles. The van der Waals surface area contributed by atoms with E-state index in [0.29, 0.717) is 23.5 Å². The third kappa shape index (κ3) is 4.62. The molecule has 0 saturated carbocycles. The van der Waals surface area contributed by atoms with Crippen LogP contribution in [0.5, 0.6) is 5.75 Å². The number of allylic oxidation sites excluding steroid dienone is 1. The summed E-state index contributed by atoms with van der Waals surface area (Å²) in [5, 5.41) is 2.14. The van der Waals surface area contributed by atoms with Crippen molar-refractivity contribution in [3.8, 4) is 28.0 Å². The van der Waals surface area contributed by atoms with Gasteiger partial charge in [0.1, 0.15) is 24.0 Å². The Morgan fingerprint density at radius 3 is 2.03 bits per heavy atom. The Morgan fingerprint density at radius 2 is 1.34 bits per heavy atom. The average Bonchev–Trinajstić information content (AvgIpc) is 2.81. The van der Waals surface area contributed by atoms with E-state index >= 15 is 0 Å². The fraction of sp³-hybridized carbons (Fsp3) is 0.103. The van der Waals surface area contributed by atoms with Crippen LogP contribution < -0.4 is 4.74 Å². The van der Waals surface area contributed by atoms with Crippen LogP contribution >= 0.6 is 0 Å². The van der Waals surface area contributed by atoms with Gasteiger partial charge in [-0.25, -0.2) is 8.78 Å². The topological polar surface area (TPSA) is 9.23 Å². The maximum Gasteiger partial charge on any atom is 0.134 e. The molecule has 3 heteroatoms. The van der Waals surface area contributed by atoms with E-state index in [1.165, 1.54) is 17.7 Å². The molecular weight excluding hydrogens is 402 g/mol. The zero-order valence-corrected chi connectivity index (χ0v) is 17.8. The number of benzene rings is 4. The second-order valence-electron chi connectivity index (χ2n) is 7.66. The maximum atomic E-state index is 15.0. The van der Waals surface area contributed by atoms with Crippen LogP contribution in [-0.4, -0.2) is 6.61 Å². The summed E-state index contributed by atoms with van der Waals surface area (Å²) in [7, 11) is 0. The van der Waals surface area contributed by atoms with Gasteiger partial charge in [-0.05, 0) is 76.2 Å². The molecule has 0 aliphatic carbocycles. The molecule has 0 aromatic heterocycles. The molecule has 160 valence electrons. The van der Waals surface area contributed by atoms with E-state index in [2.05, 4.69) is 25.3 Å². The number of halogens is 2. The highest BCUT2D eigenvalue weighted by molar-refractivity contribution is 5.88. The Hall–Kier alpha value is -3.72. The Labute approximate surface area is 187 Å². The Bertz CT molecular complexity index is 1250. The summed E-state index contributed by atoms with van der Waals surface area (Å²) in [6.07, 6.45) is 5.42. The van der Waals surface area contributed by atoms with E-state index < -0.39 is 11.6 Å². The number of ether oxygens (including phenoxy) is 1. The van der Waals surface area contributed by atoms with E-state index in [4.69, 9.17) is 4.74 Å². The molecular formula is C29H24F2O. The minimum atomic E-state index is -0.598. The van der Waals surface area contributed by atoms with Gasteiger partial charge < -0.3 is 4.74 Å². The Kier molecular flexibility index (Phi) is 6.46. The minimum Gasteiger partial charge on any atom is -0.490 e. The van der Waals surface area contributed by atoms with Crippen LogP contribution in [0.3, 0.4) is 0 Å². The lowest BCUT2D eigenvalue weighted by atomic mass is 9.96. The molecule has 0 radical (unpaired) electrons. The summed E-state index contributed by atoms with van der Waals surface area (Å²) in [6, 6.07) is 21.6. The predicted molar refractivity (Wildman–Crippen MR) is 129 cm³/mol. The van der Waals surface area contributed by atoms with Gasteiger partial charge in [0.05, 0.1) is 5.56 Å². The van der Waals surface area contributed by atoms with Crippen LogP contribution in [0.4, 0.5) is 8.78 Å². The van der Waals surface area contributed by atoms with Crippen molar-refractivity contribution in [2.45, 2.75) is 12.8 Å². The normalized spacial score (nSPS) is 10.8. The van der Waals surface area contributed by atoms with Crippen molar-refractivity contribution in [3.05, 3.63) is 115 Å². The second-order valence-corrected chi connectivity index (χ2v) is 7.66. The lowest BCUT2D eigenvalue weighted by molar-refractivity contribution is 0.363. The van der Waals surface area contributed by atoms with Crippen molar-refractivity contribution in [1.82, 2.24) is 0 Å². The molecule has 4 aromatic rings. The Morgan fingerprint density at radius 1 is 0.688 bits per heavy atom. The first-order valence-corrected chi connectivity index (χ1v) is 10.6. The molecule has 0 amide bonds. The number of hydrogen-bond acceptors (Lipinski definition) is 1. The van der Waals surface area contributed by atoms with Crippen molar-refractivity contribution in [1.29, 1.82) is 0 Å². The molecule has 0 atom stereocenters. The first-order valence-electron chi connectivity index (χ1n) is 10.6. The van der Waals surface area contributed by atoms with Crippen LogP contribution in [0.15, 0.2) is 98.1 Å². The third-order valence-corrected chi connectivity index (χ3v) is 5.43. The zero-order valence-electron chi connectivity index (χ0n) is 17.8. The second kappa shape index (κ2) is 9.61. The molecule has 0 aliphatic rings. The molecule has 1 nitrogen and oxygen atoms in total. The van der Waals surface area contributed by atoms with Gasteiger partial charge in [0.25, 0.3) is 0 Å². The fourth-order valence-electron chi connectivity index (χ4n) is 3.79. The Balaban J connectivity index is 1.64. The van der Waals surface area contributed by atoms with Crippen molar-refractivity contribution in [3.63, 3.8) is 0 Å². The molecule has 0 unspecified atom stereocenters. The molecule has 32 heavy (non-hydrogen) atoms. The minimum absolute atomic E-state index is 0.0447. The lowest BCUT2D eigenvalue weighted by Gasteiger charge is -2.11. The SMILES string of the molecule is C=CCCc1ccc2cc(-c3cc(F)c(-c4ccc(OCC=C)cc4)c(F)c3)ccc2c1. The van der Waals surface area contributed by atoms with Gasteiger partial charge in [-0.3, -0.25) is 0 Å². The summed E-state index contributed by atoms with van der Waals surface area (Å²) in [5.41, 5.74) is 2.94. The van der Waals surface area contributed by atoms with E-state index in [9.17, 15) is 8.78 Å². The summed E-state index contributed by atoms with van der Waals surface area (Å²) < 4.78 is 35.4. The summed E-state index contributed by atoms with van der Waals surface area (Å²) in [4.78, 5) is 0. The predicted octanol–water partition coefficient (Wildman–Crippen LogP) is 8.14. The number of aryl methyl sites for hydroxylation is 1. The van der Waals surface area contributed by atoms with Gasteiger partial charge in [-0.15, -0.1) is 6.58 Å². The van der Waals surface area contributed by atoms with Crippen molar-refractivity contribution < 1.29 is 13.5 Å². The summed E-state index contributed by atoms with van der Waals surface area (Å²) in [5.74, 6) is -0.575. The highest BCUT2D eigenvalue weighted by Crippen LogP contribution is 2.33. The maximum absolute atomic E-state index is 15.0. The van der Waals surface area contributed by atoms with E-state index in [-0.39, 0.29) is 5.56 Å². The van der Waals surface area contributed by atoms with Gasteiger partial charge in [0.15, 0.2) is 0 Å². The van der Waals surface area contributed by atoms with Crippen LogP contribution in [0.2, 0.25) is 0 Å².